The van der Waals surface area contributed by atoms with E-state index >= 15 is 0 Å². The molecule has 0 saturated carbocycles. The minimum atomic E-state index is -0.144. The summed E-state index contributed by atoms with van der Waals surface area (Å²) in [6.07, 6.45) is 3.68. The van der Waals surface area contributed by atoms with Gasteiger partial charge in [-0.2, -0.15) is 4.98 Å². The molecular formula is C20H25N5O2. The molecule has 0 fully saturated rings. The van der Waals surface area contributed by atoms with Crippen molar-refractivity contribution in [2.24, 2.45) is 0 Å². The van der Waals surface area contributed by atoms with Crippen LogP contribution in [0, 0.1) is 0 Å². The third-order valence-electron chi connectivity index (χ3n) is 4.28. The average molecular weight is 367 g/mol. The van der Waals surface area contributed by atoms with Crippen molar-refractivity contribution < 1.29 is 4.52 Å². The van der Waals surface area contributed by atoms with Gasteiger partial charge in [0.25, 0.3) is 5.56 Å². The Balaban J connectivity index is 1.76. The van der Waals surface area contributed by atoms with E-state index in [1.807, 2.05) is 38.1 Å². The number of rotatable bonds is 8. The molecule has 1 atom stereocenters. The molecule has 2 N–H and O–H groups in total. The first kappa shape index (κ1) is 18.8. The minimum absolute atomic E-state index is 0.128. The Morgan fingerprint density at radius 1 is 1.22 bits per heavy atom. The highest BCUT2D eigenvalue weighted by Gasteiger charge is 2.14. The Hall–Kier alpha value is -2.96. The first-order valence-electron chi connectivity index (χ1n) is 9.38. The highest BCUT2D eigenvalue weighted by molar-refractivity contribution is 5.62. The standard InChI is InChI=1S/C20H25N5O2/c1-4-6-10-17-23-20(27-25-17)13(3)21-16-9-7-8-14(11-16)19-22-15(5-2)12-18(26)24-19/h7-9,11-13,21H,4-6,10H2,1-3H3,(H,22,24,26). The lowest BCUT2D eigenvalue weighted by Crippen LogP contribution is -2.10. The molecule has 0 saturated heterocycles. The molecule has 0 aliphatic carbocycles. The van der Waals surface area contributed by atoms with E-state index in [-0.39, 0.29) is 11.6 Å². The van der Waals surface area contributed by atoms with Crippen LogP contribution in [0.1, 0.15) is 57.1 Å². The summed E-state index contributed by atoms with van der Waals surface area (Å²) in [5.74, 6) is 1.87. The van der Waals surface area contributed by atoms with Gasteiger partial charge in [0, 0.05) is 29.4 Å². The second kappa shape index (κ2) is 8.62. The lowest BCUT2D eigenvalue weighted by molar-refractivity contribution is 0.362. The first-order valence-corrected chi connectivity index (χ1v) is 9.38. The molecule has 0 aliphatic heterocycles. The van der Waals surface area contributed by atoms with Crippen LogP contribution in [0.4, 0.5) is 5.69 Å². The Kier molecular flexibility index (Phi) is 6.01. The van der Waals surface area contributed by atoms with Crippen LogP contribution in [0.3, 0.4) is 0 Å². The minimum Gasteiger partial charge on any atom is -0.374 e. The molecule has 27 heavy (non-hydrogen) atoms. The number of aryl methyl sites for hydroxylation is 2. The van der Waals surface area contributed by atoms with Crippen molar-refractivity contribution in [2.75, 3.05) is 5.32 Å². The van der Waals surface area contributed by atoms with Gasteiger partial charge in [0.1, 0.15) is 11.9 Å². The SMILES string of the molecule is CCCCc1noc(C(C)Nc2cccc(-c3nc(CC)cc(=O)[nH]3)c2)n1. The summed E-state index contributed by atoms with van der Waals surface area (Å²) in [4.78, 5) is 23.6. The number of hydrogen-bond donors (Lipinski definition) is 2. The predicted octanol–water partition coefficient (Wildman–Crippen LogP) is 3.90. The van der Waals surface area contributed by atoms with Crippen molar-refractivity contribution in [2.45, 2.75) is 52.5 Å². The van der Waals surface area contributed by atoms with Gasteiger partial charge < -0.3 is 14.8 Å². The zero-order valence-electron chi connectivity index (χ0n) is 16.0. The van der Waals surface area contributed by atoms with Crippen LogP contribution in [0.2, 0.25) is 0 Å². The summed E-state index contributed by atoms with van der Waals surface area (Å²) >= 11 is 0. The third kappa shape index (κ3) is 4.81. The highest BCUT2D eigenvalue weighted by Crippen LogP contribution is 2.23. The number of hydrogen-bond acceptors (Lipinski definition) is 6. The molecular weight excluding hydrogens is 342 g/mol. The Morgan fingerprint density at radius 3 is 2.85 bits per heavy atom. The van der Waals surface area contributed by atoms with Crippen molar-refractivity contribution in [1.82, 2.24) is 20.1 Å². The number of anilines is 1. The van der Waals surface area contributed by atoms with Gasteiger partial charge in [-0.05, 0) is 31.9 Å². The van der Waals surface area contributed by atoms with E-state index in [0.29, 0.717) is 18.1 Å². The maximum atomic E-state index is 11.8. The molecule has 2 heterocycles. The van der Waals surface area contributed by atoms with Crippen molar-refractivity contribution >= 4 is 5.69 Å². The van der Waals surface area contributed by atoms with Gasteiger partial charge in [-0.3, -0.25) is 4.79 Å². The van der Waals surface area contributed by atoms with E-state index < -0.39 is 0 Å². The molecule has 2 aromatic heterocycles. The van der Waals surface area contributed by atoms with Crippen LogP contribution >= 0.6 is 0 Å². The van der Waals surface area contributed by atoms with Crippen molar-refractivity contribution in [3.63, 3.8) is 0 Å². The van der Waals surface area contributed by atoms with E-state index in [0.717, 1.165) is 42.0 Å². The molecule has 7 nitrogen and oxygen atoms in total. The summed E-state index contributed by atoms with van der Waals surface area (Å²) in [5, 5.41) is 7.40. The summed E-state index contributed by atoms with van der Waals surface area (Å²) in [6, 6.07) is 9.14. The van der Waals surface area contributed by atoms with E-state index in [4.69, 9.17) is 4.52 Å². The van der Waals surface area contributed by atoms with Crippen LogP contribution < -0.4 is 10.9 Å². The van der Waals surface area contributed by atoms with E-state index in [1.54, 1.807) is 0 Å². The molecule has 3 aromatic rings. The first-order chi connectivity index (χ1) is 13.1. The zero-order chi connectivity index (χ0) is 19.2. The molecule has 3 rings (SSSR count). The van der Waals surface area contributed by atoms with Crippen LogP contribution in [0.25, 0.3) is 11.4 Å². The predicted molar refractivity (Wildman–Crippen MR) is 105 cm³/mol. The van der Waals surface area contributed by atoms with E-state index in [9.17, 15) is 4.79 Å². The summed E-state index contributed by atoms with van der Waals surface area (Å²) in [5.41, 5.74) is 2.35. The largest absolute Gasteiger partial charge is 0.374 e. The van der Waals surface area contributed by atoms with Crippen LogP contribution in [-0.2, 0) is 12.8 Å². The summed E-state index contributed by atoms with van der Waals surface area (Å²) in [7, 11) is 0. The lowest BCUT2D eigenvalue weighted by Gasteiger charge is -2.12. The molecule has 0 aliphatic rings. The van der Waals surface area contributed by atoms with Crippen LogP contribution in [0.5, 0.6) is 0 Å². The van der Waals surface area contributed by atoms with Crippen LogP contribution in [-0.4, -0.2) is 20.1 Å². The Bertz CT molecular complexity index is 947. The summed E-state index contributed by atoms with van der Waals surface area (Å²) in [6.45, 7) is 6.09. The van der Waals surface area contributed by atoms with Gasteiger partial charge >= 0.3 is 0 Å². The molecule has 0 amide bonds. The zero-order valence-corrected chi connectivity index (χ0v) is 16.0. The van der Waals surface area contributed by atoms with Gasteiger partial charge in [0.15, 0.2) is 5.82 Å². The second-order valence-electron chi connectivity index (χ2n) is 6.54. The number of aromatic nitrogens is 4. The summed E-state index contributed by atoms with van der Waals surface area (Å²) < 4.78 is 5.37. The quantitative estimate of drug-likeness (QED) is 0.627. The maximum absolute atomic E-state index is 11.8. The third-order valence-corrected chi connectivity index (χ3v) is 4.28. The second-order valence-corrected chi connectivity index (χ2v) is 6.54. The average Bonchev–Trinajstić information content (AvgIpc) is 3.15. The molecule has 0 bridgehead atoms. The fourth-order valence-corrected chi connectivity index (χ4v) is 2.77. The van der Waals surface area contributed by atoms with E-state index in [2.05, 4.69) is 32.3 Å². The fourth-order valence-electron chi connectivity index (χ4n) is 2.77. The van der Waals surface area contributed by atoms with Gasteiger partial charge in [-0.1, -0.05) is 37.6 Å². The fraction of sp³-hybridized carbons (Fsp3) is 0.400. The molecule has 7 heteroatoms. The molecule has 1 unspecified atom stereocenters. The number of H-pyrrole nitrogens is 1. The van der Waals surface area contributed by atoms with Gasteiger partial charge in [0.2, 0.25) is 5.89 Å². The van der Waals surface area contributed by atoms with Crippen molar-refractivity contribution in [3.05, 3.63) is 58.1 Å². The smallest absolute Gasteiger partial charge is 0.251 e. The van der Waals surface area contributed by atoms with Gasteiger partial charge in [-0.25, -0.2) is 4.98 Å². The van der Waals surface area contributed by atoms with E-state index in [1.165, 1.54) is 6.07 Å². The molecule has 142 valence electrons. The number of benzene rings is 1. The number of aromatic amines is 1. The monoisotopic (exact) mass is 367 g/mol. The van der Waals surface area contributed by atoms with Gasteiger partial charge in [-0.15, -0.1) is 0 Å². The normalized spacial score (nSPS) is 12.1. The Labute approximate surface area is 158 Å². The van der Waals surface area contributed by atoms with Gasteiger partial charge in [0.05, 0.1) is 0 Å². The maximum Gasteiger partial charge on any atom is 0.251 e. The Morgan fingerprint density at radius 2 is 2.07 bits per heavy atom. The number of unbranched alkanes of at least 4 members (excludes halogenated alkanes) is 1. The molecule has 0 radical (unpaired) electrons. The van der Waals surface area contributed by atoms with Crippen molar-refractivity contribution in [1.29, 1.82) is 0 Å². The topological polar surface area (TPSA) is 96.7 Å². The van der Waals surface area contributed by atoms with Crippen molar-refractivity contribution in [3.8, 4) is 11.4 Å². The number of nitrogens with one attached hydrogen (secondary N) is 2. The van der Waals surface area contributed by atoms with Crippen LogP contribution in [0.15, 0.2) is 39.6 Å². The number of nitrogens with zero attached hydrogens (tertiary/aromatic N) is 3. The highest BCUT2D eigenvalue weighted by atomic mass is 16.5. The lowest BCUT2D eigenvalue weighted by atomic mass is 10.1. The molecule has 1 aromatic carbocycles. The molecule has 0 spiro atoms.